The van der Waals surface area contributed by atoms with Crippen LogP contribution in [0.1, 0.15) is 32.1 Å². The summed E-state index contributed by atoms with van der Waals surface area (Å²) >= 11 is 0. The molecule has 0 bridgehead atoms. The van der Waals surface area contributed by atoms with Crippen molar-refractivity contribution in [2.24, 2.45) is 5.41 Å². The fourth-order valence-corrected chi connectivity index (χ4v) is 2.50. The Morgan fingerprint density at radius 2 is 1.87 bits per heavy atom. The van der Waals surface area contributed by atoms with E-state index in [-0.39, 0.29) is 6.54 Å². The minimum atomic E-state index is -3.31. The van der Waals surface area contributed by atoms with Crippen LogP contribution in [-0.2, 0) is 14.8 Å². The molecular weight excluding hydrogens is 218 g/mol. The second-order valence-corrected chi connectivity index (χ2v) is 6.07. The molecular formula is C9H17NO4S. The molecule has 0 aromatic rings. The number of aliphatic carboxylic acids is 1. The lowest BCUT2D eigenvalue weighted by atomic mass is 9.74. The normalized spacial score (nSPS) is 21.1. The average molecular weight is 235 g/mol. The molecule has 0 spiro atoms. The van der Waals surface area contributed by atoms with Crippen molar-refractivity contribution < 1.29 is 18.3 Å². The predicted molar refractivity (Wildman–Crippen MR) is 56.0 cm³/mol. The van der Waals surface area contributed by atoms with Gasteiger partial charge in [-0.25, -0.2) is 13.1 Å². The summed E-state index contributed by atoms with van der Waals surface area (Å²) in [4.78, 5) is 11.2. The minimum absolute atomic E-state index is 0.0150. The van der Waals surface area contributed by atoms with E-state index < -0.39 is 21.4 Å². The maximum absolute atomic E-state index is 11.2. The predicted octanol–water partition coefficient (Wildman–Crippen LogP) is 0.571. The van der Waals surface area contributed by atoms with Gasteiger partial charge in [0.05, 0.1) is 11.7 Å². The Hall–Kier alpha value is -0.620. The highest BCUT2D eigenvalue weighted by Gasteiger charge is 2.39. The largest absolute Gasteiger partial charge is 0.481 e. The highest BCUT2D eigenvalue weighted by Crippen LogP contribution is 2.36. The van der Waals surface area contributed by atoms with Gasteiger partial charge in [0.2, 0.25) is 10.0 Å². The molecule has 5 nitrogen and oxygen atoms in total. The van der Waals surface area contributed by atoms with Gasteiger partial charge in [-0.2, -0.15) is 0 Å². The highest BCUT2D eigenvalue weighted by atomic mass is 32.2. The molecule has 0 aromatic heterocycles. The van der Waals surface area contributed by atoms with Crippen molar-refractivity contribution in [1.82, 2.24) is 4.72 Å². The van der Waals surface area contributed by atoms with Gasteiger partial charge in [-0.3, -0.25) is 4.79 Å². The lowest BCUT2D eigenvalue weighted by Crippen LogP contribution is -2.44. The lowest BCUT2D eigenvalue weighted by Gasteiger charge is -2.32. The van der Waals surface area contributed by atoms with Gasteiger partial charge >= 0.3 is 5.97 Å². The maximum atomic E-state index is 11.2. The van der Waals surface area contributed by atoms with E-state index in [1.165, 1.54) is 0 Å². The quantitative estimate of drug-likeness (QED) is 0.746. The zero-order chi connectivity index (χ0) is 11.5. The Bertz CT molecular complexity index is 330. The third-order valence-electron chi connectivity index (χ3n) is 2.94. The molecule has 1 fully saturated rings. The first kappa shape index (κ1) is 12.4. The molecule has 0 atom stereocenters. The monoisotopic (exact) mass is 235 g/mol. The van der Waals surface area contributed by atoms with Crippen LogP contribution in [0.3, 0.4) is 0 Å². The number of carbonyl (C=O) groups is 1. The smallest absolute Gasteiger partial charge is 0.310 e. The van der Waals surface area contributed by atoms with Crippen LogP contribution >= 0.6 is 0 Å². The molecule has 15 heavy (non-hydrogen) atoms. The fraction of sp³-hybridized carbons (Fsp3) is 0.889. The van der Waals surface area contributed by atoms with Gasteiger partial charge in [-0.1, -0.05) is 19.3 Å². The average Bonchev–Trinajstić information content (AvgIpc) is 2.15. The van der Waals surface area contributed by atoms with Gasteiger partial charge < -0.3 is 5.11 Å². The highest BCUT2D eigenvalue weighted by molar-refractivity contribution is 7.88. The van der Waals surface area contributed by atoms with Crippen LogP contribution in [0.2, 0.25) is 0 Å². The molecule has 0 unspecified atom stereocenters. The Morgan fingerprint density at radius 1 is 1.33 bits per heavy atom. The number of carboxylic acids is 1. The topological polar surface area (TPSA) is 83.5 Å². The van der Waals surface area contributed by atoms with Crippen LogP contribution in [-0.4, -0.2) is 32.3 Å². The third kappa shape index (κ3) is 3.46. The van der Waals surface area contributed by atoms with E-state index in [4.69, 9.17) is 5.11 Å². The van der Waals surface area contributed by atoms with Crippen molar-refractivity contribution in [3.63, 3.8) is 0 Å². The van der Waals surface area contributed by atoms with Gasteiger partial charge in [-0.05, 0) is 12.8 Å². The van der Waals surface area contributed by atoms with Crippen molar-refractivity contribution in [1.29, 1.82) is 0 Å². The van der Waals surface area contributed by atoms with Gasteiger partial charge in [0, 0.05) is 6.54 Å². The van der Waals surface area contributed by atoms with Crippen LogP contribution in [0.4, 0.5) is 0 Å². The van der Waals surface area contributed by atoms with Gasteiger partial charge in [0.25, 0.3) is 0 Å². The molecule has 2 N–H and O–H groups in total. The number of carboxylic acid groups (broad SMARTS) is 1. The molecule has 0 radical (unpaired) electrons. The number of rotatable bonds is 4. The molecule has 0 saturated heterocycles. The summed E-state index contributed by atoms with van der Waals surface area (Å²) in [6.07, 6.45) is 4.92. The second-order valence-electron chi connectivity index (χ2n) is 4.24. The summed E-state index contributed by atoms with van der Waals surface area (Å²) in [6.45, 7) is 0.0150. The summed E-state index contributed by atoms with van der Waals surface area (Å²) in [5.74, 6) is -0.890. The van der Waals surface area contributed by atoms with Crippen LogP contribution in [0.15, 0.2) is 0 Å². The van der Waals surface area contributed by atoms with Crippen molar-refractivity contribution >= 4 is 16.0 Å². The molecule has 6 heteroatoms. The van der Waals surface area contributed by atoms with Gasteiger partial charge in [0.1, 0.15) is 0 Å². The Balaban J connectivity index is 2.69. The number of hydrogen-bond acceptors (Lipinski definition) is 3. The van der Waals surface area contributed by atoms with Crippen LogP contribution < -0.4 is 4.72 Å². The van der Waals surface area contributed by atoms with Gasteiger partial charge in [0.15, 0.2) is 0 Å². The summed E-state index contributed by atoms with van der Waals surface area (Å²) in [6, 6.07) is 0. The van der Waals surface area contributed by atoms with E-state index in [0.29, 0.717) is 12.8 Å². The van der Waals surface area contributed by atoms with E-state index in [9.17, 15) is 13.2 Å². The molecule has 1 aliphatic carbocycles. The Morgan fingerprint density at radius 3 is 2.27 bits per heavy atom. The Kier molecular flexibility index (Phi) is 3.72. The van der Waals surface area contributed by atoms with E-state index in [1.54, 1.807) is 0 Å². The summed E-state index contributed by atoms with van der Waals surface area (Å²) in [5.41, 5.74) is -0.888. The molecule has 1 saturated carbocycles. The molecule has 88 valence electrons. The van der Waals surface area contributed by atoms with E-state index in [0.717, 1.165) is 25.5 Å². The maximum Gasteiger partial charge on any atom is 0.310 e. The fourth-order valence-electron chi connectivity index (χ4n) is 1.96. The number of nitrogens with one attached hydrogen (secondary N) is 1. The third-order valence-corrected chi connectivity index (χ3v) is 3.61. The van der Waals surface area contributed by atoms with E-state index >= 15 is 0 Å². The number of sulfonamides is 1. The van der Waals surface area contributed by atoms with E-state index in [1.807, 2.05) is 0 Å². The Labute approximate surface area is 89.9 Å². The summed E-state index contributed by atoms with van der Waals surface area (Å²) < 4.78 is 24.2. The minimum Gasteiger partial charge on any atom is -0.481 e. The van der Waals surface area contributed by atoms with Gasteiger partial charge in [-0.15, -0.1) is 0 Å². The van der Waals surface area contributed by atoms with Crippen molar-refractivity contribution in [3.8, 4) is 0 Å². The molecule has 0 heterocycles. The summed E-state index contributed by atoms with van der Waals surface area (Å²) in [7, 11) is -3.31. The van der Waals surface area contributed by atoms with Crippen LogP contribution in [0, 0.1) is 5.41 Å². The first-order valence-corrected chi connectivity index (χ1v) is 6.93. The van der Waals surface area contributed by atoms with E-state index in [2.05, 4.69) is 4.72 Å². The van der Waals surface area contributed by atoms with Crippen molar-refractivity contribution in [2.75, 3.05) is 12.8 Å². The summed E-state index contributed by atoms with van der Waals surface area (Å²) in [5, 5.41) is 9.15. The SMILES string of the molecule is CS(=O)(=O)NCC1(C(=O)O)CCCCC1. The molecule has 1 aliphatic rings. The molecule has 1 rings (SSSR count). The van der Waals surface area contributed by atoms with Crippen LogP contribution in [0.5, 0.6) is 0 Å². The zero-order valence-electron chi connectivity index (χ0n) is 8.82. The first-order chi connectivity index (χ1) is 6.86. The molecule has 0 amide bonds. The molecule has 0 aliphatic heterocycles. The standard InChI is InChI=1S/C9H17NO4S/c1-15(13,14)10-7-9(8(11)12)5-3-2-4-6-9/h10H,2-7H2,1H3,(H,11,12). The van der Waals surface area contributed by atoms with Crippen molar-refractivity contribution in [2.45, 2.75) is 32.1 Å². The second kappa shape index (κ2) is 4.49. The first-order valence-electron chi connectivity index (χ1n) is 5.04. The van der Waals surface area contributed by atoms with Crippen LogP contribution in [0.25, 0.3) is 0 Å². The zero-order valence-corrected chi connectivity index (χ0v) is 9.64. The van der Waals surface area contributed by atoms with Crippen molar-refractivity contribution in [3.05, 3.63) is 0 Å². The number of hydrogen-bond donors (Lipinski definition) is 2. The molecule has 0 aromatic carbocycles. The lowest BCUT2D eigenvalue weighted by molar-refractivity contribution is -0.150.